The van der Waals surface area contributed by atoms with E-state index in [0.29, 0.717) is 22.2 Å². The van der Waals surface area contributed by atoms with E-state index in [1.807, 2.05) is 24.3 Å². The lowest BCUT2D eigenvalue weighted by atomic mass is 10.1. The van der Waals surface area contributed by atoms with Crippen molar-refractivity contribution in [1.29, 1.82) is 0 Å². The van der Waals surface area contributed by atoms with Crippen molar-refractivity contribution in [2.45, 2.75) is 12.5 Å². The number of rotatable bonds is 2. The van der Waals surface area contributed by atoms with Gasteiger partial charge in [0.15, 0.2) is 0 Å². The highest BCUT2D eigenvalue weighted by atomic mass is 35.5. The van der Waals surface area contributed by atoms with Gasteiger partial charge < -0.3 is 10.6 Å². The molecular weight excluding hydrogens is 295 g/mol. The molecule has 5 heteroatoms. The molecule has 0 radical (unpaired) electrons. The SMILES string of the molecule is O=C(Nc1cc(Cl)cc(Cl)c1)C1Cc2ccccc2N1. The first kappa shape index (κ1) is 13.3. The standard InChI is InChI=1S/C15H12Cl2N2O/c16-10-6-11(17)8-12(7-10)18-15(20)14-5-9-3-1-2-4-13(9)19-14/h1-4,6-8,14,19H,5H2,(H,18,20). The first-order valence-electron chi connectivity index (χ1n) is 6.23. The van der Waals surface area contributed by atoms with Crippen LogP contribution in [0.3, 0.4) is 0 Å². The highest BCUT2D eigenvalue weighted by Gasteiger charge is 2.26. The number of halogens is 2. The molecule has 0 spiro atoms. The molecule has 0 aliphatic carbocycles. The van der Waals surface area contributed by atoms with Gasteiger partial charge in [-0.3, -0.25) is 4.79 Å². The van der Waals surface area contributed by atoms with E-state index >= 15 is 0 Å². The predicted molar refractivity (Wildman–Crippen MR) is 82.6 cm³/mol. The molecule has 2 aromatic carbocycles. The summed E-state index contributed by atoms with van der Waals surface area (Å²) in [5.41, 5.74) is 2.76. The zero-order chi connectivity index (χ0) is 14.1. The molecule has 1 amide bonds. The van der Waals surface area contributed by atoms with E-state index in [-0.39, 0.29) is 11.9 Å². The fourth-order valence-corrected chi connectivity index (χ4v) is 2.84. The summed E-state index contributed by atoms with van der Waals surface area (Å²) < 4.78 is 0. The summed E-state index contributed by atoms with van der Waals surface area (Å²) >= 11 is 11.8. The molecule has 20 heavy (non-hydrogen) atoms. The van der Waals surface area contributed by atoms with Gasteiger partial charge in [-0.05, 0) is 29.8 Å². The lowest BCUT2D eigenvalue weighted by Crippen LogP contribution is -2.32. The van der Waals surface area contributed by atoms with Gasteiger partial charge in [0.1, 0.15) is 6.04 Å². The molecule has 1 aliphatic rings. The first-order chi connectivity index (χ1) is 9.61. The zero-order valence-electron chi connectivity index (χ0n) is 10.5. The van der Waals surface area contributed by atoms with E-state index in [1.54, 1.807) is 18.2 Å². The Morgan fingerprint density at radius 3 is 2.55 bits per heavy atom. The Bertz CT molecular complexity index is 627. The van der Waals surface area contributed by atoms with Gasteiger partial charge in [0.25, 0.3) is 0 Å². The van der Waals surface area contributed by atoms with Crippen LogP contribution in [0.1, 0.15) is 5.56 Å². The molecule has 3 nitrogen and oxygen atoms in total. The second-order valence-electron chi connectivity index (χ2n) is 4.71. The molecule has 3 rings (SSSR count). The number of carbonyl (C=O) groups excluding carboxylic acids is 1. The van der Waals surface area contributed by atoms with Crippen LogP contribution in [0.25, 0.3) is 0 Å². The van der Waals surface area contributed by atoms with Gasteiger partial charge in [0, 0.05) is 27.8 Å². The molecule has 0 saturated heterocycles. The Labute approximate surface area is 126 Å². The van der Waals surface area contributed by atoms with Crippen molar-refractivity contribution in [1.82, 2.24) is 0 Å². The maximum absolute atomic E-state index is 12.2. The van der Waals surface area contributed by atoms with Crippen molar-refractivity contribution in [2.24, 2.45) is 0 Å². The Balaban J connectivity index is 1.72. The summed E-state index contributed by atoms with van der Waals surface area (Å²) in [6.07, 6.45) is 0.677. The van der Waals surface area contributed by atoms with E-state index in [1.165, 1.54) is 0 Å². The normalized spacial score (nSPS) is 16.4. The van der Waals surface area contributed by atoms with Gasteiger partial charge in [-0.25, -0.2) is 0 Å². The number of para-hydroxylation sites is 1. The maximum Gasteiger partial charge on any atom is 0.247 e. The molecule has 1 heterocycles. The minimum Gasteiger partial charge on any atom is -0.373 e. The highest BCUT2D eigenvalue weighted by Crippen LogP contribution is 2.27. The van der Waals surface area contributed by atoms with Crippen molar-refractivity contribution in [2.75, 3.05) is 10.6 Å². The van der Waals surface area contributed by atoms with E-state index in [2.05, 4.69) is 10.6 Å². The van der Waals surface area contributed by atoms with Crippen LogP contribution in [-0.4, -0.2) is 11.9 Å². The highest BCUT2D eigenvalue weighted by molar-refractivity contribution is 6.35. The largest absolute Gasteiger partial charge is 0.373 e. The summed E-state index contributed by atoms with van der Waals surface area (Å²) in [5.74, 6) is -0.0977. The molecule has 1 atom stereocenters. The number of benzene rings is 2. The summed E-state index contributed by atoms with van der Waals surface area (Å²) in [5, 5.41) is 7.03. The van der Waals surface area contributed by atoms with Crippen LogP contribution in [0.15, 0.2) is 42.5 Å². The van der Waals surface area contributed by atoms with Gasteiger partial charge in [0.05, 0.1) is 0 Å². The average Bonchev–Trinajstić information content (AvgIpc) is 2.81. The quantitative estimate of drug-likeness (QED) is 0.881. The molecule has 0 aromatic heterocycles. The number of carbonyl (C=O) groups is 1. The fraction of sp³-hybridized carbons (Fsp3) is 0.133. The lowest BCUT2D eigenvalue weighted by molar-refractivity contribution is -0.116. The Kier molecular flexibility index (Phi) is 3.55. The molecule has 0 saturated carbocycles. The van der Waals surface area contributed by atoms with Crippen LogP contribution in [0, 0.1) is 0 Å². The number of nitrogens with one attached hydrogen (secondary N) is 2. The number of hydrogen-bond donors (Lipinski definition) is 2. The summed E-state index contributed by atoms with van der Waals surface area (Å²) in [7, 11) is 0. The van der Waals surface area contributed by atoms with Crippen molar-refractivity contribution < 1.29 is 4.79 Å². The van der Waals surface area contributed by atoms with Gasteiger partial charge in [-0.2, -0.15) is 0 Å². The topological polar surface area (TPSA) is 41.1 Å². The fourth-order valence-electron chi connectivity index (χ4n) is 2.31. The monoisotopic (exact) mass is 306 g/mol. The van der Waals surface area contributed by atoms with Crippen LogP contribution in [-0.2, 0) is 11.2 Å². The first-order valence-corrected chi connectivity index (χ1v) is 6.99. The van der Waals surface area contributed by atoms with Crippen LogP contribution in [0.4, 0.5) is 11.4 Å². The molecule has 2 N–H and O–H groups in total. The number of hydrogen-bond acceptors (Lipinski definition) is 2. The lowest BCUT2D eigenvalue weighted by Gasteiger charge is -2.12. The molecule has 2 aromatic rings. The molecule has 0 fully saturated rings. The van der Waals surface area contributed by atoms with Crippen molar-refractivity contribution in [3.8, 4) is 0 Å². The molecule has 1 aliphatic heterocycles. The summed E-state index contributed by atoms with van der Waals surface area (Å²) in [6.45, 7) is 0. The Hall–Kier alpha value is -1.71. The third-order valence-electron chi connectivity index (χ3n) is 3.22. The van der Waals surface area contributed by atoms with Gasteiger partial charge in [0.2, 0.25) is 5.91 Å². The number of amides is 1. The van der Waals surface area contributed by atoms with E-state index in [4.69, 9.17) is 23.2 Å². The second-order valence-corrected chi connectivity index (χ2v) is 5.58. The third kappa shape index (κ3) is 2.74. The van der Waals surface area contributed by atoms with E-state index < -0.39 is 0 Å². The van der Waals surface area contributed by atoms with Crippen molar-refractivity contribution in [3.63, 3.8) is 0 Å². The maximum atomic E-state index is 12.2. The minimum absolute atomic E-state index is 0.0977. The molecule has 0 bridgehead atoms. The smallest absolute Gasteiger partial charge is 0.247 e. The van der Waals surface area contributed by atoms with Crippen LogP contribution >= 0.6 is 23.2 Å². The van der Waals surface area contributed by atoms with Gasteiger partial charge in [-0.15, -0.1) is 0 Å². The van der Waals surface area contributed by atoms with Crippen LogP contribution < -0.4 is 10.6 Å². The van der Waals surface area contributed by atoms with Crippen molar-refractivity contribution >= 4 is 40.5 Å². The molecular formula is C15H12Cl2N2O. The Morgan fingerprint density at radius 2 is 1.85 bits per heavy atom. The van der Waals surface area contributed by atoms with Crippen LogP contribution in [0.2, 0.25) is 10.0 Å². The molecule has 102 valence electrons. The average molecular weight is 307 g/mol. The predicted octanol–water partition coefficient (Wildman–Crippen LogP) is 3.97. The van der Waals surface area contributed by atoms with Crippen molar-refractivity contribution in [3.05, 3.63) is 58.1 Å². The number of anilines is 2. The van der Waals surface area contributed by atoms with E-state index in [9.17, 15) is 4.79 Å². The van der Waals surface area contributed by atoms with Gasteiger partial charge in [-0.1, -0.05) is 41.4 Å². The number of fused-ring (bicyclic) bond motifs is 1. The second kappa shape index (κ2) is 5.35. The van der Waals surface area contributed by atoms with Gasteiger partial charge >= 0.3 is 0 Å². The zero-order valence-corrected chi connectivity index (χ0v) is 12.0. The Morgan fingerprint density at radius 1 is 1.15 bits per heavy atom. The van der Waals surface area contributed by atoms with Crippen LogP contribution in [0.5, 0.6) is 0 Å². The minimum atomic E-state index is -0.273. The third-order valence-corrected chi connectivity index (χ3v) is 3.65. The van der Waals surface area contributed by atoms with E-state index in [0.717, 1.165) is 11.3 Å². The summed E-state index contributed by atoms with van der Waals surface area (Å²) in [4.78, 5) is 12.2. The molecule has 1 unspecified atom stereocenters. The summed E-state index contributed by atoms with van der Waals surface area (Å²) in [6, 6.07) is 12.6.